The highest BCUT2D eigenvalue weighted by atomic mass is 16.5. The van der Waals surface area contributed by atoms with Crippen LogP contribution in [0.15, 0.2) is 24.2 Å². The van der Waals surface area contributed by atoms with Crippen molar-refractivity contribution in [3.63, 3.8) is 0 Å². The van der Waals surface area contributed by atoms with E-state index in [1.54, 1.807) is 7.11 Å². The highest BCUT2D eigenvalue weighted by molar-refractivity contribution is 5.20. The zero-order valence-corrected chi connectivity index (χ0v) is 9.72. The van der Waals surface area contributed by atoms with E-state index in [0.717, 1.165) is 26.1 Å². The third-order valence-corrected chi connectivity index (χ3v) is 2.91. The first-order valence-corrected chi connectivity index (χ1v) is 5.70. The van der Waals surface area contributed by atoms with Crippen LogP contribution in [0.25, 0.3) is 0 Å². The van der Waals surface area contributed by atoms with E-state index in [-0.39, 0.29) is 0 Å². The Labute approximate surface area is 96.5 Å². The monoisotopic (exact) mass is 224 g/mol. The molecule has 0 unspecified atom stereocenters. The topological polar surface area (TPSA) is 53.8 Å². The lowest BCUT2D eigenvalue weighted by Crippen LogP contribution is -2.36. The summed E-state index contributed by atoms with van der Waals surface area (Å²) in [6.45, 7) is 3.55. The van der Waals surface area contributed by atoms with Crippen molar-refractivity contribution < 1.29 is 4.74 Å². The van der Waals surface area contributed by atoms with Gasteiger partial charge in [0.15, 0.2) is 0 Å². The lowest BCUT2D eigenvalue weighted by Gasteiger charge is -2.28. The molecule has 2 aliphatic rings. The van der Waals surface area contributed by atoms with Crippen LogP contribution in [0.5, 0.6) is 0 Å². The Balaban J connectivity index is 1.92. The molecule has 1 saturated heterocycles. The molecule has 0 radical (unpaired) electrons. The van der Waals surface area contributed by atoms with Crippen molar-refractivity contribution in [2.24, 2.45) is 5.73 Å². The first-order chi connectivity index (χ1) is 7.79. The first kappa shape index (κ1) is 11.3. The van der Waals surface area contributed by atoms with Crippen LogP contribution in [0.1, 0.15) is 6.42 Å². The molecule has 0 amide bonds. The minimum atomic E-state index is 0.316. The Morgan fingerprint density at radius 2 is 2.50 bits per heavy atom. The summed E-state index contributed by atoms with van der Waals surface area (Å²) < 4.78 is 5.05. The van der Waals surface area contributed by atoms with Gasteiger partial charge in [-0.3, -0.25) is 5.01 Å². The quantitative estimate of drug-likeness (QED) is 0.695. The number of hydrogen-bond donors (Lipinski definition) is 2. The van der Waals surface area contributed by atoms with Crippen LogP contribution in [0.4, 0.5) is 0 Å². The molecule has 16 heavy (non-hydrogen) atoms. The summed E-state index contributed by atoms with van der Waals surface area (Å²) in [5.74, 6) is 0. The molecule has 0 saturated carbocycles. The highest BCUT2D eigenvalue weighted by Gasteiger charge is 2.21. The fourth-order valence-corrected chi connectivity index (χ4v) is 1.99. The predicted molar refractivity (Wildman–Crippen MR) is 63.1 cm³/mol. The van der Waals surface area contributed by atoms with Gasteiger partial charge in [-0.1, -0.05) is 0 Å². The van der Waals surface area contributed by atoms with Crippen LogP contribution in [0.2, 0.25) is 0 Å². The molecule has 5 heteroatoms. The summed E-state index contributed by atoms with van der Waals surface area (Å²) in [6.07, 6.45) is 7.23. The molecule has 0 aromatic carbocycles. The van der Waals surface area contributed by atoms with Gasteiger partial charge >= 0.3 is 0 Å². The standard InChI is InChI=1S/C11H20N4O/c1-16-7-6-15-9-11(2-4-13-15)14-5-3-10(12)8-14/h2,4,9-10,13H,3,5-8,12H2,1H3/t10-/m1/s1. The fraction of sp³-hybridized carbons (Fsp3) is 0.636. The molecule has 0 aliphatic carbocycles. The van der Waals surface area contributed by atoms with Gasteiger partial charge in [0.05, 0.1) is 18.8 Å². The van der Waals surface area contributed by atoms with Gasteiger partial charge in [0.1, 0.15) is 0 Å². The van der Waals surface area contributed by atoms with Crippen molar-refractivity contribution in [2.45, 2.75) is 12.5 Å². The number of likely N-dealkylation sites (tertiary alicyclic amines) is 1. The molecule has 0 bridgehead atoms. The van der Waals surface area contributed by atoms with E-state index in [4.69, 9.17) is 10.5 Å². The molecule has 3 N–H and O–H groups in total. The lowest BCUT2D eigenvalue weighted by molar-refractivity contribution is 0.154. The molecule has 1 fully saturated rings. The SMILES string of the molecule is COCCN1C=C(N2CC[C@@H](N)C2)C=CN1. The number of allylic oxidation sites excluding steroid dienone is 1. The average molecular weight is 224 g/mol. The molecule has 0 spiro atoms. The van der Waals surface area contributed by atoms with E-state index < -0.39 is 0 Å². The number of nitrogens with two attached hydrogens (primary N) is 1. The van der Waals surface area contributed by atoms with Crippen molar-refractivity contribution in [3.05, 3.63) is 24.2 Å². The minimum Gasteiger partial charge on any atom is -0.383 e. The van der Waals surface area contributed by atoms with E-state index in [1.807, 2.05) is 11.2 Å². The van der Waals surface area contributed by atoms with Crippen molar-refractivity contribution in [2.75, 3.05) is 33.4 Å². The van der Waals surface area contributed by atoms with Crippen LogP contribution in [-0.2, 0) is 4.74 Å². The largest absolute Gasteiger partial charge is 0.383 e. The minimum absolute atomic E-state index is 0.316. The summed E-state index contributed by atoms with van der Waals surface area (Å²) in [6, 6.07) is 0.316. The maximum Gasteiger partial charge on any atom is 0.0658 e. The van der Waals surface area contributed by atoms with E-state index >= 15 is 0 Å². The molecule has 1 atom stereocenters. The number of nitrogens with zero attached hydrogens (tertiary/aromatic N) is 2. The Hall–Kier alpha value is -1.20. The Kier molecular flexibility index (Phi) is 3.69. The summed E-state index contributed by atoms with van der Waals surface area (Å²) in [5.41, 5.74) is 10.3. The van der Waals surface area contributed by atoms with Crippen molar-refractivity contribution >= 4 is 0 Å². The third-order valence-electron chi connectivity index (χ3n) is 2.91. The second-order valence-corrected chi connectivity index (χ2v) is 4.20. The Morgan fingerprint density at radius 1 is 1.62 bits per heavy atom. The molecule has 90 valence electrons. The molecule has 2 rings (SSSR count). The predicted octanol–water partition coefficient (Wildman–Crippen LogP) is -0.159. The number of hydrazine groups is 1. The average Bonchev–Trinajstić information content (AvgIpc) is 2.74. The molecule has 5 nitrogen and oxygen atoms in total. The van der Waals surface area contributed by atoms with Crippen LogP contribution in [0, 0.1) is 0 Å². The number of hydrogen-bond acceptors (Lipinski definition) is 5. The number of nitrogens with one attached hydrogen (secondary N) is 1. The lowest BCUT2D eigenvalue weighted by atomic mass is 10.3. The van der Waals surface area contributed by atoms with E-state index in [0.29, 0.717) is 12.6 Å². The molecular formula is C11H20N4O. The zero-order chi connectivity index (χ0) is 11.4. The van der Waals surface area contributed by atoms with Crippen molar-refractivity contribution in [1.29, 1.82) is 0 Å². The van der Waals surface area contributed by atoms with Gasteiger partial charge in [0.2, 0.25) is 0 Å². The second-order valence-electron chi connectivity index (χ2n) is 4.20. The van der Waals surface area contributed by atoms with Crippen molar-refractivity contribution in [3.8, 4) is 0 Å². The zero-order valence-electron chi connectivity index (χ0n) is 9.72. The summed E-state index contributed by atoms with van der Waals surface area (Å²) in [7, 11) is 1.71. The van der Waals surface area contributed by atoms with Gasteiger partial charge in [0.25, 0.3) is 0 Å². The van der Waals surface area contributed by atoms with Gasteiger partial charge in [0, 0.05) is 38.6 Å². The van der Waals surface area contributed by atoms with Gasteiger partial charge in [-0.15, -0.1) is 0 Å². The number of rotatable bonds is 4. The fourth-order valence-electron chi connectivity index (χ4n) is 1.99. The van der Waals surface area contributed by atoms with Gasteiger partial charge < -0.3 is 20.8 Å². The highest BCUT2D eigenvalue weighted by Crippen LogP contribution is 2.17. The van der Waals surface area contributed by atoms with Crippen molar-refractivity contribution in [1.82, 2.24) is 15.3 Å². The number of ether oxygens (including phenoxy) is 1. The smallest absolute Gasteiger partial charge is 0.0658 e. The molecule has 2 heterocycles. The van der Waals surface area contributed by atoms with Gasteiger partial charge in [-0.05, 0) is 12.5 Å². The molecule has 0 aromatic heterocycles. The Bertz CT molecular complexity index is 290. The maximum atomic E-state index is 5.90. The third kappa shape index (κ3) is 2.68. The van der Waals surface area contributed by atoms with Gasteiger partial charge in [-0.25, -0.2) is 0 Å². The van der Waals surface area contributed by atoms with E-state index in [1.165, 1.54) is 5.70 Å². The van der Waals surface area contributed by atoms with Crippen LogP contribution < -0.4 is 11.2 Å². The summed E-state index contributed by atoms with van der Waals surface area (Å²) in [4.78, 5) is 2.32. The second kappa shape index (κ2) is 5.23. The maximum absolute atomic E-state index is 5.90. The summed E-state index contributed by atoms with van der Waals surface area (Å²) >= 11 is 0. The molecule has 0 aromatic rings. The van der Waals surface area contributed by atoms with E-state index in [9.17, 15) is 0 Å². The van der Waals surface area contributed by atoms with E-state index in [2.05, 4.69) is 22.6 Å². The molecule has 2 aliphatic heterocycles. The Morgan fingerprint density at radius 3 is 3.19 bits per heavy atom. The van der Waals surface area contributed by atoms with Crippen LogP contribution in [-0.4, -0.2) is 49.3 Å². The normalized spacial score (nSPS) is 24.6. The van der Waals surface area contributed by atoms with Crippen LogP contribution >= 0.6 is 0 Å². The van der Waals surface area contributed by atoms with Gasteiger partial charge in [-0.2, -0.15) is 0 Å². The molecular weight excluding hydrogens is 204 g/mol. The number of methoxy groups -OCH3 is 1. The first-order valence-electron chi connectivity index (χ1n) is 5.70. The summed E-state index contributed by atoms with van der Waals surface area (Å²) in [5, 5.41) is 2.03. The van der Waals surface area contributed by atoms with Crippen LogP contribution in [0.3, 0.4) is 0 Å².